The molecule has 12 heavy (non-hydrogen) atoms. The van der Waals surface area contributed by atoms with Crippen LogP contribution in [0.1, 0.15) is 13.8 Å². The second kappa shape index (κ2) is 5.36. The Bertz CT molecular complexity index is 249. The van der Waals surface area contributed by atoms with Crippen LogP contribution in [-0.4, -0.2) is 0 Å². The molecule has 0 unspecified atom stereocenters. The normalized spacial score (nSPS) is 11.7. The Morgan fingerprint density at radius 2 is 1.83 bits per heavy atom. The molecule has 0 N–H and O–H groups in total. The second-order valence-electron chi connectivity index (χ2n) is 2.62. The maximum atomic E-state index is 3.87. The zero-order valence-corrected chi connectivity index (χ0v) is 7.93. The topological polar surface area (TPSA) is 0 Å². The molecular formula is C12H16. The van der Waals surface area contributed by atoms with Crippen molar-refractivity contribution in [2.45, 2.75) is 13.8 Å². The van der Waals surface area contributed by atoms with Crippen molar-refractivity contribution in [3.63, 3.8) is 0 Å². The molecule has 0 aromatic heterocycles. The summed E-state index contributed by atoms with van der Waals surface area (Å²) in [5.74, 6) is 0. The molecule has 0 aliphatic rings. The van der Waals surface area contributed by atoms with Crippen molar-refractivity contribution in [3.8, 4) is 0 Å². The molecule has 64 valence electrons. The smallest absolute Gasteiger partial charge is 0.0167 e. The highest BCUT2D eigenvalue weighted by Crippen LogP contribution is 2.16. The van der Waals surface area contributed by atoms with Crippen LogP contribution in [0.5, 0.6) is 0 Å². The fourth-order valence-electron chi connectivity index (χ4n) is 0.826. The van der Waals surface area contributed by atoms with E-state index < -0.39 is 0 Å². The first-order valence-electron chi connectivity index (χ1n) is 3.94. The van der Waals surface area contributed by atoms with E-state index in [-0.39, 0.29) is 0 Å². The van der Waals surface area contributed by atoms with E-state index in [2.05, 4.69) is 19.7 Å². The van der Waals surface area contributed by atoms with Crippen molar-refractivity contribution in [1.82, 2.24) is 0 Å². The Balaban J connectivity index is 4.78. The van der Waals surface area contributed by atoms with Crippen LogP contribution >= 0.6 is 0 Å². The lowest BCUT2D eigenvalue weighted by molar-refractivity contribution is 1.40. The molecule has 0 saturated heterocycles. The summed E-state index contributed by atoms with van der Waals surface area (Å²) >= 11 is 0. The third kappa shape index (κ3) is 3.20. The van der Waals surface area contributed by atoms with Crippen molar-refractivity contribution >= 4 is 0 Å². The van der Waals surface area contributed by atoms with Gasteiger partial charge in [0, 0.05) is 0 Å². The molecule has 0 aliphatic heterocycles. The van der Waals surface area contributed by atoms with Gasteiger partial charge in [-0.25, -0.2) is 0 Å². The molecule has 0 heterocycles. The van der Waals surface area contributed by atoms with Crippen LogP contribution < -0.4 is 0 Å². The molecular weight excluding hydrogens is 144 g/mol. The average Bonchev–Trinajstić information content (AvgIpc) is 2.04. The van der Waals surface area contributed by atoms with E-state index in [9.17, 15) is 0 Å². The second-order valence-corrected chi connectivity index (χ2v) is 2.62. The highest BCUT2D eigenvalue weighted by Gasteiger charge is 1.97. The van der Waals surface area contributed by atoms with Gasteiger partial charge in [-0.1, -0.05) is 49.6 Å². The van der Waals surface area contributed by atoms with E-state index in [0.717, 1.165) is 16.7 Å². The van der Waals surface area contributed by atoms with E-state index in [1.807, 2.05) is 32.1 Å². The average molecular weight is 160 g/mol. The summed E-state index contributed by atoms with van der Waals surface area (Å²) in [7, 11) is 0. The number of hydrogen-bond donors (Lipinski definition) is 0. The van der Waals surface area contributed by atoms with Gasteiger partial charge in [-0.05, 0) is 25.0 Å². The van der Waals surface area contributed by atoms with Crippen molar-refractivity contribution < 1.29 is 0 Å². The Morgan fingerprint density at radius 3 is 2.17 bits per heavy atom. The highest BCUT2D eigenvalue weighted by atomic mass is 14.0. The minimum Gasteiger partial charge on any atom is -0.0985 e. The van der Waals surface area contributed by atoms with E-state index >= 15 is 0 Å². The fraction of sp³-hybridized carbons (Fsp3) is 0.167. The van der Waals surface area contributed by atoms with Gasteiger partial charge in [-0.3, -0.25) is 0 Å². The molecule has 0 radical (unpaired) electrons. The number of rotatable bonds is 4. The van der Waals surface area contributed by atoms with Gasteiger partial charge >= 0.3 is 0 Å². The van der Waals surface area contributed by atoms with Crippen molar-refractivity contribution in [2.75, 3.05) is 0 Å². The van der Waals surface area contributed by atoms with Crippen molar-refractivity contribution in [1.29, 1.82) is 0 Å². The molecule has 0 aromatic rings. The number of hydrogen-bond acceptors (Lipinski definition) is 0. The summed E-state index contributed by atoms with van der Waals surface area (Å²) < 4.78 is 0. The van der Waals surface area contributed by atoms with Crippen LogP contribution in [0, 0.1) is 0 Å². The zero-order valence-electron chi connectivity index (χ0n) is 7.93. The lowest BCUT2D eigenvalue weighted by Gasteiger charge is -2.04. The van der Waals surface area contributed by atoms with Gasteiger partial charge in [0.25, 0.3) is 0 Å². The van der Waals surface area contributed by atoms with E-state index in [1.54, 1.807) is 6.08 Å². The minimum atomic E-state index is 0.917. The molecule has 0 amide bonds. The Kier molecular flexibility index (Phi) is 4.78. The third-order valence-electron chi connectivity index (χ3n) is 1.51. The number of allylic oxidation sites excluding steroid dienone is 7. The fourth-order valence-corrected chi connectivity index (χ4v) is 0.826. The lowest BCUT2D eigenvalue weighted by Crippen LogP contribution is -1.85. The third-order valence-corrected chi connectivity index (χ3v) is 1.51. The van der Waals surface area contributed by atoms with Gasteiger partial charge in [0.05, 0.1) is 0 Å². The summed E-state index contributed by atoms with van der Waals surface area (Å²) in [4.78, 5) is 0. The highest BCUT2D eigenvalue weighted by molar-refractivity contribution is 5.49. The van der Waals surface area contributed by atoms with Gasteiger partial charge in [0.15, 0.2) is 0 Å². The first-order chi connectivity index (χ1) is 5.63. The summed E-state index contributed by atoms with van der Waals surface area (Å²) in [6.07, 6.45) is 7.67. The van der Waals surface area contributed by atoms with E-state index in [1.165, 1.54) is 0 Å². The largest absolute Gasteiger partial charge is 0.0985 e. The van der Waals surface area contributed by atoms with Crippen molar-refractivity contribution in [3.05, 3.63) is 60.8 Å². The SMILES string of the molecule is C=CC(=C)/C(=C\C=C/C)C(=C)C. The Morgan fingerprint density at radius 1 is 1.25 bits per heavy atom. The van der Waals surface area contributed by atoms with Gasteiger partial charge in [0.2, 0.25) is 0 Å². The maximum absolute atomic E-state index is 3.87. The van der Waals surface area contributed by atoms with Gasteiger partial charge in [0.1, 0.15) is 0 Å². The molecule has 0 aromatic carbocycles. The van der Waals surface area contributed by atoms with E-state index in [0.29, 0.717) is 0 Å². The predicted molar refractivity (Wildman–Crippen MR) is 57.0 cm³/mol. The monoisotopic (exact) mass is 160 g/mol. The molecule has 0 nitrogen and oxygen atoms in total. The Labute approximate surface area is 75.3 Å². The van der Waals surface area contributed by atoms with Crippen molar-refractivity contribution in [2.24, 2.45) is 0 Å². The molecule has 0 aliphatic carbocycles. The molecule has 0 atom stereocenters. The molecule has 0 rings (SSSR count). The van der Waals surface area contributed by atoms with Crippen LogP contribution in [0.3, 0.4) is 0 Å². The van der Waals surface area contributed by atoms with Crippen LogP contribution in [0.2, 0.25) is 0 Å². The molecule has 0 bridgehead atoms. The summed E-state index contributed by atoms with van der Waals surface area (Å²) in [5, 5.41) is 0. The molecule has 0 spiro atoms. The quantitative estimate of drug-likeness (QED) is 0.549. The summed E-state index contributed by atoms with van der Waals surface area (Å²) in [6, 6.07) is 0. The molecule has 0 heteroatoms. The summed E-state index contributed by atoms with van der Waals surface area (Å²) in [5.41, 5.74) is 2.99. The standard InChI is InChI=1S/C12H16/c1-6-8-9-12(10(3)4)11(5)7-2/h6-9H,2-3,5H2,1,4H3/b8-6-,12-9-. The van der Waals surface area contributed by atoms with Crippen LogP contribution in [-0.2, 0) is 0 Å². The lowest BCUT2D eigenvalue weighted by atomic mass is 10.0. The first-order valence-corrected chi connectivity index (χ1v) is 3.94. The summed E-state index contributed by atoms with van der Waals surface area (Å²) in [6.45, 7) is 15.3. The van der Waals surface area contributed by atoms with Gasteiger partial charge < -0.3 is 0 Å². The van der Waals surface area contributed by atoms with Crippen LogP contribution in [0.4, 0.5) is 0 Å². The van der Waals surface area contributed by atoms with Gasteiger partial charge in [-0.2, -0.15) is 0 Å². The van der Waals surface area contributed by atoms with E-state index in [4.69, 9.17) is 0 Å². The predicted octanol–water partition coefficient (Wildman–Crippen LogP) is 3.81. The van der Waals surface area contributed by atoms with Crippen LogP contribution in [0.25, 0.3) is 0 Å². The Hall–Kier alpha value is -1.30. The van der Waals surface area contributed by atoms with Crippen LogP contribution in [0.15, 0.2) is 60.8 Å². The maximum Gasteiger partial charge on any atom is -0.0167 e. The zero-order chi connectivity index (χ0) is 9.56. The molecule has 0 fully saturated rings. The first kappa shape index (κ1) is 10.7. The molecule has 0 saturated carbocycles. The van der Waals surface area contributed by atoms with Gasteiger partial charge in [-0.15, -0.1) is 0 Å². The minimum absolute atomic E-state index is 0.917.